The molecule has 5 nitrogen and oxygen atoms in total. The summed E-state index contributed by atoms with van der Waals surface area (Å²) in [5.41, 5.74) is 5.27. The van der Waals surface area contributed by atoms with E-state index in [4.69, 9.17) is 4.74 Å². The number of ether oxygens (including phenoxy) is 1. The first-order valence-corrected chi connectivity index (χ1v) is 8.74. The summed E-state index contributed by atoms with van der Waals surface area (Å²) in [5, 5.41) is 0. The minimum atomic E-state index is -0.395. The predicted molar refractivity (Wildman–Crippen MR) is 94.2 cm³/mol. The minimum absolute atomic E-state index is 0.188. The second-order valence-corrected chi connectivity index (χ2v) is 6.72. The van der Waals surface area contributed by atoms with Crippen molar-refractivity contribution < 1.29 is 14.3 Å². The molecule has 0 unspecified atom stereocenters. The third-order valence-electron chi connectivity index (χ3n) is 3.08. The molecule has 0 aliphatic carbocycles. The van der Waals surface area contributed by atoms with Crippen molar-refractivity contribution in [2.24, 2.45) is 5.92 Å². The highest BCUT2D eigenvalue weighted by molar-refractivity contribution is 9.10. The van der Waals surface area contributed by atoms with Gasteiger partial charge < -0.3 is 4.74 Å². The highest BCUT2D eigenvalue weighted by Crippen LogP contribution is 2.23. The lowest BCUT2D eigenvalue weighted by molar-refractivity contribution is -0.121. The Labute approximate surface area is 146 Å². The van der Waals surface area contributed by atoms with E-state index >= 15 is 0 Å². The summed E-state index contributed by atoms with van der Waals surface area (Å²) in [7, 11) is 0. The number of hydrazine groups is 1. The summed E-state index contributed by atoms with van der Waals surface area (Å²) < 4.78 is 6.44. The van der Waals surface area contributed by atoms with Gasteiger partial charge in [-0.1, -0.05) is 49.5 Å². The number of carbonyl (C=O) groups is 2. The fourth-order valence-corrected chi connectivity index (χ4v) is 2.21. The maximum atomic E-state index is 12.3. The van der Waals surface area contributed by atoms with Crippen LogP contribution in [0.25, 0.3) is 0 Å². The molecule has 0 saturated heterocycles. The van der Waals surface area contributed by atoms with Crippen LogP contribution < -0.4 is 15.6 Å². The molecule has 128 valence electrons. The number of halogens is 1. The zero-order chi connectivity index (χ0) is 17.2. The number of nitrogens with one attached hydrogen (secondary N) is 2. The Morgan fingerprint density at radius 3 is 2.61 bits per heavy atom. The van der Waals surface area contributed by atoms with E-state index < -0.39 is 5.91 Å². The second kappa shape index (κ2) is 10.3. The van der Waals surface area contributed by atoms with Crippen molar-refractivity contribution in [3.63, 3.8) is 0 Å². The van der Waals surface area contributed by atoms with Gasteiger partial charge in [0.1, 0.15) is 5.75 Å². The van der Waals surface area contributed by atoms with Crippen molar-refractivity contribution in [2.75, 3.05) is 6.61 Å². The van der Waals surface area contributed by atoms with E-state index in [1.54, 1.807) is 12.1 Å². The number of hydrogen-bond donors (Lipinski definition) is 2. The standard InChI is InChI=1S/C17H25BrN2O3/c1-4-5-6-7-16(21)19-20-17(22)14-10-13(18)8-9-15(14)23-11-12(2)3/h8-10,12H,4-7,11H2,1-3H3,(H,19,21)(H,20,22). The Hall–Kier alpha value is -1.56. The van der Waals surface area contributed by atoms with Crippen LogP contribution in [-0.4, -0.2) is 18.4 Å². The van der Waals surface area contributed by atoms with Gasteiger partial charge in [0, 0.05) is 10.9 Å². The zero-order valence-corrected chi connectivity index (χ0v) is 15.5. The molecule has 0 spiro atoms. The van der Waals surface area contributed by atoms with E-state index in [-0.39, 0.29) is 5.91 Å². The van der Waals surface area contributed by atoms with Crippen molar-refractivity contribution in [1.29, 1.82) is 0 Å². The number of carbonyl (C=O) groups excluding carboxylic acids is 2. The van der Waals surface area contributed by atoms with Crippen molar-refractivity contribution in [2.45, 2.75) is 46.5 Å². The van der Waals surface area contributed by atoms with Crippen LogP contribution in [0.1, 0.15) is 56.8 Å². The summed E-state index contributed by atoms with van der Waals surface area (Å²) in [6.07, 6.45) is 3.27. The van der Waals surface area contributed by atoms with E-state index in [1.807, 2.05) is 19.9 Å². The maximum Gasteiger partial charge on any atom is 0.273 e. The molecule has 0 atom stereocenters. The van der Waals surface area contributed by atoms with Gasteiger partial charge in [-0.05, 0) is 30.5 Å². The van der Waals surface area contributed by atoms with Gasteiger partial charge in [0.05, 0.1) is 12.2 Å². The largest absolute Gasteiger partial charge is 0.492 e. The molecule has 1 aromatic carbocycles. The van der Waals surface area contributed by atoms with Crippen LogP contribution in [0.4, 0.5) is 0 Å². The summed E-state index contributed by atoms with van der Waals surface area (Å²) in [6, 6.07) is 5.23. The molecule has 23 heavy (non-hydrogen) atoms. The average Bonchev–Trinajstić information content (AvgIpc) is 2.51. The van der Waals surface area contributed by atoms with Crippen molar-refractivity contribution in [3.8, 4) is 5.75 Å². The molecule has 2 amide bonds. The minimum Gasteiger partial charge on any atom is -0.492 e. The molecule has 2 N–H and O–H groups in total. The molecule has 0 fully saturated rings. The first-order chi connectivity index (χ1) is 10.9. The van der Waals surface area contributed by atoms with Crippen LogP contribution in [0.5, 0.6) is 5.75 Å². The van der Waals surface area contributed by atoms with Crippen LogP contribution in [0, 0.1) is 5.92 Å². The molecule has 1 rings (SSSR count). The first kappa shape index (κ1) is 19.5. The fraction of sp³-hybridized carbons (Fsp3) is 0.529. The van der Waals surface area contributed by atoms with Crippen LogP contribution in [0.2, 0.25) is 0 Å². The molecule has 0 bridgehead atoms. The molecule has 0 radical (unpaired) electrons. The second-order valence-electron chi connectivity index (χ2n) is 5.80. The maximum absolute atomic E-state index is 12.3. The number of unbranched alkanes of at least 4 members (excludes halogenated alkanes) is 2. The van der Waals surface area contributed by atoms with Crippen LogP contribution in [0.3, 0.4) is 0 Å². The van der Waals surface area contributed by atoms with Gasteiger partial charge in [-0.2, -0.15) is 0 Å². The Balaban J connectivity index is 2.63. The Bertz CT molecular complexity index is 533. The first-order valence-electron chi connectivity index (χ1n) is 7.95. The lowest BCUT2D eigenvalue weighted by Crippen LogP contribution is -2.41. The van der Waals surface area contributed by atoms with Gasteiger partial charge in [0.15, 0.2) is 0 Å². The topological polar surface area (TPSA) is 67.4 Å². The van der Waals surface area contributed by atoms with Crippen molar-refractivity contribution in [1.82, 2.24) is 10.9 Å². The van der Waals surface area contributed by atoms with Crippen molar-refractivity contribution in [3.05, 3.63) is 28.2 Å². The molecule has 0 heterocycles. The van der Waals surface area contributed by atoms with Crippen LogP contribution in [0.15, 0.2) is 22.7 Å². The fourth-order valence-electron chi connectivity index (χ4n) is 1.85. The van der Waals surface area contributed by atoms with Gasteiger partial charge in [-0.25, -0.2) is 0 Å². The quantitative estimate of drug-likeness (QED) is 0.528. The molecule has 6 heteroatoms. The summed E-state index contributed by atoms with van der Waals surface area (Å²) >= 11 is 3.34. The van der Waals surface area contributed by atoms with E-state index in [0.717, 1.165) is 23.7 Å². The normalized spacial score (nSPS) is 10.5. The highest BCUT2D eigenvalue weighted by atomic mass is 79.9. The Morgan fingerprint density at radius 2 is 1.96 bits per heavy atom. The zero-order valence-electron chi connectivity index (χ0n) is 13.9. The summed E-state index contributed by atoms with van der Waals surface area (Å²) in [5.74, 6) is 0.271. The van der Waals surface area contributed by atoms with Gasteiger partial charge in [0.25, 0.3) is 5.91 Å². The molecule has 0 aromatic heterocycles. The number of benzene rings is 1. The van der Waals surface area contributed by atoms with Crippen molar-refractivity contribution >= 4 is 27.7 Å². The van der Waals surface area contributed by atoms with E-state index in [1.165, 1.54) is 0 Å². The molecule has 0 aliphatic heterocycles. The molecular formula is C17H25BrN2O3. The molecular weight excluding hydrogens is 360 g/mol. The number of rotatable bonds is 8. The van der Waals surface area contributed by atoms with Gasteiger partial charge in [-0.15, -0.1) is 0 Å². The summed E-state index contributed by atoms with van der Waals surface area (Å²) in [6.45, 7) is 6.67. The van der Waals surface area contributed by atoms with Crippen LogP contribution >= 0.6 is 15.9 Å². The van der Waals surface area contributed by atoms with Gasteiger partial charge in [-0.3, -0.25) is 20.4 Å². The van der Waals surface area contributed by atoms with Gasteiger partial charge >= 0.3 is 0 Å². The van der Waals surface area contributed by atoms with Crippen LogP contribution in [-0.2, 0) is 4.79 Å². The lowest BCUT2D eigenvalue weighted by Gasteiger charge is -2.14. The summed E-state index contributed by atoms with van der Waals surface area (Å²) in [4.78, 5) is 23.9. The Kier molecular flexibility index (Phi) is 8.69. The van der Waals surface area contributed by atoms with Gasteiger partial charge in [0.2, 0.25) is 5.91 Å². The SMILES string of the molecule is CCCCCC(=O)NNC(=O)c1cc(Br)ccc1OCC(C)C. The third kappa shape index (κ3) is 7.50. The number of hydrogen-bond acceptors (Lipinski definition) is 3. The monoisotopic (exact) mass is 384 g/mol. The molecule has 0 saturated carbocycles. The molecule has 1 aromatic rings. The Morgan fingerprint density at radius 1 is 1.22 bits per heavy atom. The number of amides is 2. The lowest BCUT2D eigenvalue weighted by atomic mass is 10.2. The smallest absolute Gasteiger partial charge is 0.273 e. The predicted octanol–water partition coefficient (Wildman–Crippen LogP) is 3.83. The van der Waals surface area contributed by atoms with E-state index in [2.05, 4.69) is 33.7 Å². The molecule has 0 aliphatic rings. The van der Waals surface area contributed by atoms with E-state index in [0.29, 0.717) is 30.3 Å². The highest BCUT2D eigenvalue weighted by Gasteiger charge is 2.14. The average molecular weight is 385 g/mol. The third-order valence-corrected chi connectivity index (χ3v) is 3.57. The van der Waals surface area contributed by atoms with E-state index in [9.17, 15) is 9.59 Å².